The first-order valence-electron chi connectivity index (χ1n) is 5.90. The molecule has 0 aliphatic carbocycles. The van der Waals surface area contributed by atoms with Gasteiger partial charge in [-0.05, 0) is 34.1 Å². The number of aromatic amines is 1. The van der Waals surface area contributed by atoms with Gasteiger partial charge >= 0.3 is 5.97 Å². The molecule has 104 valence electrons. The fraction of sp³-hybridized carbons (Fsp3) is 0.143. The maximum absolute atomic E-state index is 11.9. The Morgan fingerprint density at radius 3 is 2.60 bits per heavy atom. The smallest absolute Gasteiger partial charge is 0.355 e. The van der Waals surface area contributed by atoms with Crippen LogP contribution in [0.3, 0.4) is 0 Å². The molecule has 0 atom stereocenters. The van der Waals surface area contributed by atoms with E-state index in [-0.39, 0.29) is 12.5 Å². The summed E-state index contributed by atoms with van der Waals surface area (Å²) in [6.45, 7) is -0.305. The van der Waals surface area contributed by atoms with Crippen molar-refractivity contribution in [2.75, 3.05) is 18.6 Å². The number of carbonyl (C=O) groups is 2. The topological polar surface area (TPSA) is 62.4 Å². The number of anilines is 1. The molecule has 2 rings (SSSR count). The third kappa shape index (κ3) is 3.48. The van der Waals surface area contributed by atoms with Gasteiger partial charge in [-0.2, -0.15) is 0 Å². The van der Waals surface area contributed by atoms with Crippen LogP contribution in [0.2, 0.25) is 0 Å². The average molecular weight is 337 g/mol. The number of amides is 1. The Balaban J connectivity index is 1.91. The number of rotatable bonds is 4. The van der Waals surface area contributed by atoms with E-state index >= 15 is 0 Å². The van der Waals surface area contributed by atoms with Gasteiger partial charge < -0.3 is 14.6 Å². The molecule has 0 bridgehead atoms. The maximum atomic E-state index is 11.9. The van der Waals surface area contributed by atoms with Crippen molar-refractivity contribution in [2.45, 2.75) is 0 Å². The summed E-state index contributed by atoms with van der Waals surface area (Å²) in [6, 6.07) is 10.7. The molecule has 0 fully saturated rings. The molecule has 0 saturated heterocycles. The second-order valence-electron chi connectivity index (χ2n) is 4.10. The van der Waals surface area contributed by atoms with Crippen LogP contribution >= 0.6 is 15.9 Å². The first-order chi connectivity index (χ1) is 9.58. The summed E-state index contributed by atoms with van der Waals surface area (Å²) in [5, 5.41) is 0. The van der Waals surface area contributed by atoms with Gasteiger partial charge in [-0.15, -0.1) is 0 Å². The van der Waals surface area contributed by atoms with Crippen molar-refractivity contribution in [3.63, 3.8) is 0 Å². The molecule has 1 N–H and O–H groups in total. The molecule has 5 nitrogen and oxygen atoms in total. The van der Waals surface area contributed by atoms with E-state index in [2.05, 4.69) is 20.9 Å². The lowest BCUT2D eigenvalue weighted by molar-refractivity contribution is -0.121. The average Bonchev–Trinajstić information content (AvgIpc) is 2.91. The van der Waals surface area contributed by atoms with E-state index in [0.717, 1.165) is 10.2 Å². The summed E-state index contributed by atoms with van der Waals surface area (Å²) < 4.78 is 5.71. The number of hydrogen-bond donors (Lipinski definition) is 1. The highest BCUT2D eigenvalue weighted by atomic mass is 79.9. The number of esters is 1. The number of benzene rings is 1. The number of carbonyl (C=O) groups excluding carboxylic acids is 2. The number of ether oxygens (including phenoxy) is 1. The van der Waals surface area contributed by atoms with Gasteiger partial charge in [0.25, 0.3) is 5.91 Å². The lowest BCUT2D eigenvalue weighted by Gasteiger charge is -2.16. The van der Waals surface area contributed by atoms with Crippen molar-refractivity contribution in [3.8, 4) is 0 Å². The van der Waals surface area contributed by atoms with Gasteiger partial charge in [0.1, 0.15) is 5.69 Å². The first-order valence-corrected chi connectivity index (χ1v) is 6.70. The van der Waals surface area contributed by atoms with E-state index < -0.39 is 5.97 Å². The largest absolute Gasteiger partial charge is 0.451 e. The van der Waals surface area contributed by atoms with E-state index in [9.17, 15) is 9.59 Å². The van der Waals surface area contributed by atoms with Crippen molar-refractivity contribution in [1.82, 2.24) is 4.98 Å². The minimum absolute atomic E-state index is 0.296. The number of nitrogens with one attached hydrogen (secondary N) is 1. The van der Waals surface area contributed by atoms with Gasteiger partial charge in [-0.3, -0.25) is 4.79 Å². The highest BCUT2D eigenvalue weighted by Crippen LogP contribution is 2.13. The zero-order valence-electron chi connectivity index (χ0n) is 10.8. The van der Waals surface area contributed by atoms with Crippen LogP contribution in [-0.2, 0) is 9.53 Å². The van der Waals surface area contributed by atoms with Gasteiger partial charge in [-0.1, -0.05) is 18.2 Å². The normalized spacial score (nSPS) is 10.1. The monoisotopic (exact) mass is 336 g/mol. The van der Waals surface area contributed by atoms with Crippen molar-refractivity contribution >= 4 is 33.5 Å². The summed E-state index contributed by atoms with van der Waals surface area (Å²) in [5.74, 6) is -0.860. The third-order valence-corrected chi connectivity index (χ3v) is 3.17. The summed E-state index contributed by atoms with van der Waals surface area (Å²) in [4.78, 5) is 27.8. The molecular weight excluding hydrogens is 324 g/mol. The van der Waals surface area contributed by atoms with Crippen LogP contribution < -0.4 is 4.90 Å². The first kappa shape index (κ1) is 14.3. The summed E-state index contributed by atoms with van der Waals surface area (Å²) in [6.07, 6.45) is 1.62. The van der Waals surface area contributed by atoms with Gasteiger partial charge in [-0.25, -0.2) is 4.79 Å². The number of likely N-dealkylation sites (N-methyl/N-ethyl adjacent to an activating group) is 1. The zero-order valence-corrected chi connectivity index (χ0v) is 12.4. The van der Waals surface area contributed by atoms with Gasteiger partial charge in [0.2, 0.25) is 0 Å². The lowest BCUT2D eigenvalue weighted by atomic mass is 10.3. The Bertz CT molecular complexity index is 610. The minimum Gasteiger partial charge on any atom is -0.451 e. The summed E-state index contributed by atoms with van der Waals surface area (Å²) in [7, 11) is 1.64. The fourth-order valence-corrected chi connectivity index (χ4v) is 1.93. The lowest BCUT2D eigenvalue weighted by Crippen LogP contribution is -2.31. The van der Waals surface area contributed by atoms with Gasteiger partial charge in [0.15, 0.2) is 6.61 Å². The van der Waals surface area contributed by atoms with E-state index in [4.69, 9.17) is 4.74 Å². The highest BCUT2D eigenvalue weighted by Gasteiger charge is 2.15. The molecule has 1 aromatic carbocycles. The van der Waals surface area contributed by atoms with Crippen LogP contribution in [0.25, 0.3) is 0 Å². The van der Waals surface area contributed by atoms with Gasteiger partial charge in [0.05, 0.1) is 0 Å². The van der Waals surface area contributed by atoms with Crippen LogP contribution in [0.1, 0.15) is 10.5 Å². The van der Waals surface area contributed by atoms with Crippen LogP contribution in [0.15, 0.2) is 47.1 Å². The molecule has 0 aliphatic rings. The van der Waals surface area contributed by atoms with Crippen LogP contribution in [0, 0.1) is 0 Å². The van der Waals surface area contributed by atoms with Crippen LogP contribution in [0.4, 0.5) is 5.69 Å². The van der Waals surface area contributed by atoms with E-state index in [0.29, 0.717) is 5.69 Å². The Morgan fingerprint density at radius 1 is 1.30 bits per heavy atom. The molecular formula is C14H13BrN2O3. The Kier molecular flexibility index (Phi) is 4.57. The summed E-state index contributed by atoms with van der Waals surface area (Å²) >= 11 is 3.22. The number of H-pyrrole nitrogens is 1. The number of para-hydroxylation sites is 1. The number of hydrogen-bond acceptors (Lipinski definition) is 3. The van der Waals surface area contributed by atoms with Crippen LogP contribution in [0.5, 0.6) is 0 Å². The van der Waals surface area contributed by atoms with Gasteiger partial charge in [0, 0.05) is 23.4 Å². The fourth-order valence-electron chi connectivity index (χ4n) is 1.58. The Morgan fingerprint density at radius 2 is 2.00 bits per heavy atom. The molecule has 0 unspecified atom stereocenters. The van der Waals surface area contributed by atoms with Crippen molar-refractivity contribution < 1.29 is 14.3 Å². The van der Waals surface area contributed by atoms with Crippen molar-refractivity contribution in [3.05, 3.63) is 52.8 Å². The highest BCUT2D eigenvalue weighted by molar-refractivity contribution is 9.10. The van der Waals surface area contributed by atoms with Crippen molar-refractivity contribution in [1.29, 1.82) is 0 Å². The Labute approximate surface area is 124 Å². The maximum Gasteiger partial charge on any atom is 0.355 e. The molecule has 0 spiro atoms. The molecule has 0 radical (unpaired) electrons. The predicted molar refractivity (Wildman–Crippen MR) is 78.6 cm³/mol. The second kappa shape index (κ2) is 6.38. The number of nitrogens with zero attached hydrogens (tertiary/aromatic N) is 1. The van der Waals surface area contributed by atoms with E-state index in [1.807, 2.05) is 30.3 Å². The second-order valence-corrected chi connectivity index (χ2v) is 5.01. The minimum atomic E-state index is -0.564. The standard InChI is InChI=1S/C14H13BrN2O3/c1-17(11-5-3-2-4-6-11)13(18)9-20-14(19)12-7-10(15)8-16-12/h2-8,16H,9H2,1H3. The number of halogens is 1. The molecule has 2 aromatic rings. The predicted octanol–water partition coefficient (Wildman–Crippen LogP) is 2.60. The molecule has 6 heteroatoms. The number of aromatic nitrogens is 1. The molecule has 0 saturated carbocycles. The molecule has 1 heterocycles. The third-order valence-electron chi connectivity index (χ3n) is 2.71. The summed E-state index contributed by atoms with van der Waals surface area (Å²) in [5.41, 5.74) is 1.04. The molecule has 1 aromatic heterocycles. The van der Waals surface area contributed by atoms with Crippen LogP contribution in [-0.4, -0.2) is 30.5 Å². The molecule has 0 aliphatic heterocycles. The van der Waals surface area contributed by atoms with E-state index in [1.54, 1.807) is 19.3 Å². The molecule has 1 amide bonds. The SMILES string of the molecule is CN(C(=O)COC(=O)c1cc(Br)c[nH]1)c1ccccc1. The molecule has 20 heavy (non-hydrogen) atoms. The Hall–Kier alpha value is -2.08. The zero-order chi connectivity index (χ0) is 14.5. The quantitative estimate of drug-likeness (QED) is 0.873. The van der Waals surface area contributed by atoms with Crippen molar-refractivity contribution in [2.24, 2.45) is 0 Å². The van der Waals surface area contributed by atoms with E-state index in [1.165, 1.54) is 4.90 Å².